The number of aliphatic hydroxyl groups excluding tert-OH is 1. The Morgan fingerprint density at radius 2 is 2.10 bits per heavy atom. The summed E-state index contributed by atoms with van der Waals surface area (Å²) in [5.74, 6) is -1.35. The van der Waals surface area contributed by atoms with E-state index in [2.05, 4.69) is 0 Å². The molecule has 1 atom stereocenters. The number of benzene rings is 1. The van der Waals surface area contributed by atoms with Crippen LogP contribution < -0.4 is 0 Å². The monoisotopic (exact) mass is 273 g/mol. The second-order valence-electron chi connectivity index (χ2n) is 4.90. The number of amides is 1. The summed E-state index contributed by atoms with van der Waals surface area (Å²) in [5.41, 5.74) is 1.93. The van der Waals surface area contributed by atoms with Crippen molar-refractivity contribution in [3.63, 3.8) is 0 Å². The van der Waals surface area contributed by atoms with Gasteiger partial charge in [0.2, 0.25) is 0 Å². The molecule has 5 heteroatoms. The summed E-state index contributed by atoms with van der Waals surface area (Å²) >= 11 is 0. The van der Waals surface area contributed by atoms with Gasteiger partial charge in [0.25, 0.3) is 5.91 Å². The fraction of sp³-hybridized carbons (Fsp3) is 0.333. The Kier molecular flexibility index (Phi) is 2.97. The van der Waals surface area contributed by atoms with Crippen LogP contribution in [0.4, 0.5) is 0 Å². The van der Waals surface area contributed by atoms with Crippen LogP contribution in [-0.4, -0.2) is 34.5 Å². The van der Waals surface area contributed by atoms with Gasteiger partial charge >= 0.3 is 5.97 Å². The van der Waals surface area contributed by atoms with Crippen molar-refractivity contribution in [2.45, 2.75) is 25.9 Å². The zero-order chi connectivity index (χ0) is 14.3. The van der Waals surface area contributed by atoms with Gasteiger partial charge < -0.3 is 14.7 Å². The van der Waals surface area contributed by atoms with Crippen LogP contribution in [0.25, 0.3) is 0 Å². The first-order valence-electron chi connectivity index (χ1n) is 6.61. The van der Waals surface area contributed by atoms with E-state index in [4.69, 9.17) is 4.74 Å². The molecule has 0 saturated carbocycles. The number of carbonyl (C=O) groups excluding carboxylic acids is 2. The normalized spacial score (nSPS) is 20.8. The predicted octanol–water partition coefficient (Wildman–Crippen LogP) is 1.33. The van der Waals surface area contributed by atoms with E-state index >= 15 is 0 Å². The average Bonchev–Trinajstić information content (AvgIpc) is 2.69. The lowest BCUT2D eigenvalue weighted by Crippen LogP contribution is -2.40. The van der Waals surface area contributed by atoms with Crippen molar-refractivity contribution >= 4 is 11.9 Å². The highest BCUT2D eigenvalue weighted by atomic mass is 16.5. The van der Waals surface area contributed by atoms with Gasteiger partial charge in [0, 0.05) is 13.0 Å². The molecule has 1 unspecified atom stereocenters. The molecule has 1 aromatic rings. The van der Waals surface area contributed by atoms with Gasteiger partial charge in [-0.05, 0) is 18.1 Å². The minimum atomic E-state index is -0.742. The van der Waals surface area contributed by atoms with Crippen LogP contribution in [-0.2, 0) is 27.3 Å². The molecule has 2 aliphatic rings. The molecule has 1 N–H and O–H groups in total. The topological polar surface area (TPSA) is 66.8 Å². The molecular formula is C15H15NO4. The van der Waals surface area contributed by atoms with E-state index in [1.54, 1.807) is 6.92 Å². The van der Waals surface area contributed by atoms with Crippen LogP contribution in [0.5, 0.6) is 0 Å². The maximum absolute atomic E-state index is 12.3. The molecule has 0 radical (unpaired) electrons. The summed E-state index contributed by atoms with van der Waals surface area (Å²) in [7, 11) is 0. The van der Waals surface area contributed by atoms with Crippen molar-refractivity contribution in [2.75, 3.05) is 6.61 Å². The van der Waals surface area contributed by atoms with Crippen LogP contribution in [0.2, 0.25) is 0 Å². The van der Waals surface area contributed by atoms with E-state index in [0.717, 1.165) is 11.1 Å². The standard InChI is InChI=1S/C15H15NO4/c1-2-20-15(19)12-13(17)11-7-9-5-3-4-6-10(9)8-16(11)14(12)18/h3-6,11,17H,2,7-8H2,1H3. The van der Waals surface area contributed by atoms with Gasteiger partial charge in [0.05, 0.1) is 12.6 Å². The highest BCUT2D eigenvalue weighted by Crippen LogP contribution is 2.34. The van der Waals surface area contributed by atoms with E-state index in [1.165, 1.54) is 4.90 Å². The Hall–Kier alpha value is -2.30. The Bertz CT molecular complexity index is 620. The number of esters is 1. The van der Waals surface area contributed by atoms with Gasteiger partial charge in [-0.2, -0.15) is 0 Å². The summed E-state index contributed by atoms with van der Waals surface area (Å²) in [4.78, 5) is 25.6. The van der Waals surface area contributed by atoms with Crippen molar-refractivity contribution in [1.29, 1.82) is 0 Å². The van der Waals surface area contributed by atoms with Crippen molar-refractivity contribution < 1.29 is 19.4 Å². The molecule has 0 fully saturated rings. The predicted molar refractivity (Wildman–Crippen MR) is 70.8 cm³/mol. The van der Waals surface area contributed by atoms with Crippen molar-refractivity contribution in [3.05, 3.63) is 46.7 Å². The number of nitrogens with zero attached hydrogens (tertiary/aromatic N) is 1. The first-order valence-corrected chi connectivity index (χ1v) is 6.61. The third kappa shape index (κ3) is 1.78. The fourth-order valence-corrected chi connectivity index (χ4v) is 2.80. The molecule has 20 heavy (non-hydrogen) atoms. The molecule has 1 aromatic carbocycles. The van der Waals surface area contributed by atoms with Crippen molar-refractivity contribution in [2.24, 2.45) is 0 Å². The maximum Gasteiger partial charge on any atom is 0.347 e. The smallest absolute Gasteiger partial charge is 0.347 e. The molecule has 2 aliphatic heterocycles. The van der Waals surface area contributed by atoms with E-state index in [9.17, 15) is 14.7 Å². The summed E-state index contributed by atoms with van der Waals surface area (Å²) in [6.07, 6.45) is 0.524. The molecule has 5 nitrogen and oxygen atoms in total. The summed E-state index contributed by atoms with van der Waals surface area (Å²) in [6.45, 7) is 2.25. The Balaban J connectivity index is 1.95. The molecule has 2 heterocycles. The highest BCUT2D eigenvalue weighted by Gasteiger charge is 2.45. The zero-order valence-corrected chi connectivity index (χ0v) is 11.1. The van der Waals surface area contributed by atoms with Crippen LogP contribution >= 0.6 is 0 Å². The second kappa shape index (κ2) is 4.67. The Labute approximate surface area is 116 Å². The van der Waals surface area contributed by atoms with Crippen molar-refractivity contribution in [1.82, 2.24) is 4.90 Å². The first-order chi connectivity index (χ1) is 9.63. The van der Waals surface area contributed by atoms with E-state index in [0.29, 0.717) is 13.0 Å². The van der Waals surface area contributed by atoms with Gasteiger partial charge in [-0.25, -0.2) is 4.79 Å². The number of ether oxygens (including phenoxy) is 1. The SMILES string of the molecule is CCOC(=O)C1=C(O)C2Cc3ccccc3CN2C1=O. The lowest BCUT2D eigenvalue weighted by atomic mass is 9.94. The summed E-state index contributed by atoms with van der Waals surface area (Å²) in [5, 5.41) is 10.2. The summed E-state index contributed by atoms with van der Waals surface area (Å²) in [6, 6.07) is 7.33. The van der Waals surface area contributed by atoms with E-state index < -0.39 is 17.9 Å². The molecule has 0 aromatic heterocycles. The summed E-state index contributed by atoms with van der Waals surface area (Å²) < 4.78 is 4.85. The highest BCUT2D eigenvalue weighted by molar-refractivity contribution is 6.18. The molecule has 0 saturated heterocycles. The third-order valence-electron chi connectivity index (χ3n) is 3.77. The third-order valence-corrected chi connectivity index (χ3v) is 3.77. The molecule has 104 valence electrons. The Morgan fingerprint density at radius 1 is 1.40 bits per heavy atom. The number of hydrogen-bond acceptors (Lipinski definition) is 4. The van der Waals surface area contributed by atoms with E-state index in [1.807, 2.05) is 24.3 Å². The van der Waals surface area contributed by atoms with E-state index in [-0.39, 0.29) is 17.9 Å². The van der Waals surface area contributed by atoms with Crippen LogP contribution in [0, 0.1) is 0 Å². The zero-order valence-electron chi connectivity index (χ0n) is 11.1. The number of fused-ring (bicyclic) bond motifs is 2. The average molecular weight is 273 g/mol. The van der Waals surface area contributed by atoms with Crippen LogP contribution in [0.1, 0.15) is 18.1 Å². The van der Waals surface area contributed by atoms with Crippen molar-refractivity contribution in [3.8, 4) is 0 Å². The van der Waals surface area contributed by atoms with Gasteiger partial charge in [0.15, 0.2) is 5.57 Å². The molecule has 1 amide bonds. The van der Waals surface area contributed by atoms with Crippen LogP contribution in [0.3, 0.4) is 0 Å². The second-order valence-corrected chi connectivity index (χ2v) is 4.90. The molecule has 3 rings (SSSR count). The number of hydrogen-bond donors (Lipinski definition) is 1. The largest absolute Gasteiger partial charge is 0.509 e. The van der Waals surface area contributed by atoms with Gasteiger partial charge in [-0.3, -0.25) is 4.79 Å². The lowest BCUT2D eigenvalue weighted by molar-refractivity contribution is -0.141. The minimum absolute atomic E-state index is 0.164. The fourth-order valence-electron chi connectivity index (χ4n) is 2.80. The number of rotatable bonds is 2. The number of carbonyl (C=O) groups is 2. The Morgan fingerprint density at radius 3 is 2.80 bits per heavy atom. The molecule has 0 bridgehead atoms. The van der Waals surface area contributed by atoms with Crippen LogP contribution in [0.15, 0.2) is 35.6 Å². The van der Waals surface area contributed by atoms with Gasteiger partial charge in [-0.15, -0.1) is 0 Å². The first kappa shape index (κ1) is 12.7. The lowest BCUT2D eigenvalue weighted by Gasteiger charge is -2.31. The van der Waals surface area contributed by atoms with Gasteiger partial charge in [0.1, 0.15) is 5.76 Å². The molecule has 0 aliphatic carbocycles. The maximum atomic E-state index is 12.3. The quantitative estimate of drug-likeness (QED) is 0.652. The molecule has 0 spiro atoms. The number of aliphatic hydroxyl groups is 1. The molecular weight excluding hydrogens is 258 g/mol. The van der Waals surface area contributed by atoms with Gasteiger partial charge in [-0.1, -0.05) is 24.3 Å². The minimum Gasteiger partial charge on any atom is -0.509 e.